The second kappa shape index (κ2) is 0.750. The fraction of sp³-hybridized carbons (Fsp3) is 1.00. The van der Waals surface area contributed by atoms with Crippen LogP contribution in [0.3, 0.4) is 0 Å². The van der Waals surface area contributed by atoms with Gasteiger partial charge in [0.1, 0.15) is 0 Å². The van der Waals surface area contributed by atoms with E-state index >= 15 is 0 Å². The van der Waals surface area contributed by atoms with Crippen molar-refractivity contribution >= 4 is 0 Å². The molecule has 0 amide bonds. The van der Waals surface area contributed by atoms with Gasteiger partial charge in [-0.1, -0.05) is 25.6 Å². The molecule has 0 nitrogen and oxygen atoms in total. The lowest BCUT2D eigenvalue weighted by atomic mass is 10.0. The van der Waals surface area contributed by atoms with Gasteiger partial charge in [0.25, 0.3) is 0 Å². The van der Waals surface area contributed by atoms with Gasteiger partial charge in [0.15, 0.2) is 0 Å². The Morgan fingerprint density at radius 3 is 1.75 bits per heavy atom. The van der Waals surface area contributed by atoms with E-state index in [1.165, 1.54) is 0 Å². The molecular formula is C4H8. The number of hydrogen-bond donors (Lipinski definition) is 0. The third-order valence-electron chi connectivity index (χ3n) is 0.667. The smallest absolute Gasteiger partial charge is 0.0267 e. The van der Waals surface area contributed by atoms with Crippen LogP contribution in [0.15, 0.2) is 0 Å². The summed E-state index contributed by atoms with van der Waals surface area (Å²) < 4.78 is 13.8. The summed E-state index contributed by atoms with van der Waals surface area (Å²) in [5.74, 6) is 0. The summed E-state index contributed by atoms with van der Waals surface area (Å²) in [4.78, 5) is 0. The minimum Gasteiger partial charge on any atom is -0.0533 e. The van der Waals surface area contributed by atoms with Crippen LogP contribution in [0.1, 0.15) is 28.4 Å². The molecule has 1 aliphatic carbocycles. The van der Waals surface area contributed by atoms with E-state index in [1.54, 1.807) is 0 Å². The molecule has 1 rings (SSSR count). The molecule has 0 heteroatoms. The lowest BCUT2D eigenvalue weighted by Gasteiger charge is -2.05. The normalized spacial score (nSPS) is 68.0. The topological polar surface area (TPSA) is 0 Å². The standard InChI is InChI=1S/C4H8/c1-2-4-3-1/h1-4H2/i1D,4D. The highest BCUT2D eigenvalue weighted by Crippen LogP contribution is 2.15. The van der Waals surface area contributed by atoms with Crippen LogP contribution in [-0.2, 0) is 0 Å². The highest BCUT2D eigenvalue weighted by molar-refractivity contribution is 4.50. The van der Waals surface area contributed by atoms with E-state index < -0.39 is 0 Å². The fourth-order valence-corrected chi connectivity index (χ4v) is 0.167. The Balaban J connectivity index is 2.11. The second-order valence-corrected chi connectivity index (χ2v) is 1.05. The van der Waals surface area contributed by atoms with Crippen molar-refractivity contribution < 1.29 is 2.74 Å². The predicted octanol–water partition coefficient (Wildman–Crippen LogP) is 1.56. The van der Waals surface area contributed by atoms with Crippen LogP contribution in [-0.4, -0.2) is 0 Å². The van der Waals surface area contributed by atoms with Crippen LogP contribution in [0.2, 0.25) is 0 Å². The first kappa shape index (κ1) is 1.00. The van der Waals surface area contributed by atoms with Gasteiger partial charge < -0.3 is 0 Å². The van der Waals surface area contributed by atoms with Crippen LogP contribution in [0, 0.1) is 0 Å². The van der Waals surface area contributed by atoms with Crippen molar-refractivity contribution in [3.05, 3.63) is 0 Å². The van der Waals surface area contributed by atoms with Crippen LogP contribution >= 0.6 is 0 Å². The Kier molecular flexibility index (Phi) is 0.188. The van der Waals surface area contributed by atoms with E-state index in [-0.39, 0.29) is 12.8 Å². The quantitative estimate of drug-likeness (QED) is 0.396. The molecule has 0 aromatic rings. The summed E-state index contributed by atoms with van der Waals surface area (Å²) in [6.07, 6.45) is 1.82. The van der Waals surface area contributed by atoms with E-state index in [0.717, 1.165) is 12.8 Å². The maximum Gasteiger partial charge on any atom is 0.0267 e. The summed E-state index contributed by atoms with van der Waals surface area (Å²) in [5, 5.41) is 0. The molecule has 0 N–H and O–H groups in total. The van der Waals surface area contributed by atoms with Crippen molar-refractivity contribution in [1.82, 2.24) is 0 Å². The summed E-state index contributed by atoms with van der Waals surface area (Å²) in [5.41, 5.74) is 0. The molecule has 24 valence electrons. The van der Waals surface area contributed by atoms with E-state index in [2.05, 4.69) is 0 Å². The van der Waals surface area contributed by atoms with Gasteiger partial charge in [-0.2, -0.15) is 0 Å². The van der Waals surface area contributed by atoms with Gasteiger partial charge in [-0.3, -0.25) is 0 Å². The van der Waals surface area contributed by atoms with Gasteiger partial charge in [-0.15, -0.1) is 0 Å². The van der Waals surface area contributed by atoms with Crippen molar-refractivity contribution in [2.75, 3.05) is 0 Å². The Morgan fingerprint density at radius 1 is 1.25 bits per heavy atom. The molecule has 0 saturated heterocycles. The summed E-state index contributed by atoms with van der Waals surface area (Å²) in [6.45, 7) is 0. The minimum atomic E-state index is 0.104. The van der Waals surface area contributed by atoms with Crippen molar-refractivity contribution in [3.63, 3.8) is 0 Å². The average molecular weight is 58.1 g/mol. The van der Waals surface area contributed by atoms with Gasteiger partial charge in [0.2, 0.25) is 0 Å². The Hall–Kier alpha value is 0. The van der Waals surface area contributed by atoms with Crippen LogP contribution in [0.4, 0.5) is 0 Å². The molecule has 0 aliphatic heterocycles. The maximum atomic E-state index is 6.92. The highest BCUT2D eigenvalue weighted by atomic mass is 14.0. The summed E-state index contributed by atoms with van der Waals surface area (Å²) in [7, 11) is 0. The molecule has 0 bridgehead atoms. The zero-order chi connectivity index (χ0) is 4.57. The lowest BCUT2D eigenvalue weighted by molar-refractivity contribution is 0.504. The van der Waals surface area contributed by atoms with Crippen LogP contribution in [0.5, 0.6) is 0 Å². The maximum absolute atomic E-state index is 6.92. The molecule has 0 aromatic carbocycles. The fourth-order valence-electron chi connectivity index (χ4n) is 0.167. The summed E-state index contributed by atoms with van der Waals surface area (Å²) >= 11 is 0. The molecule has 0 unspecified atom stereocenters. The first-order valence-electron chi connectivity index (χ1n) is 2.79. The van der Waals surface area contributed by atoms with Gasteiger partial charge in [-0.25, -0.2) is 0 Å². The predicted molar refractivity (Wildman–Crippen MR) is 18.5 cm³/mol. The Morgan fingerprint density at radius 2 is 1.75 bits per heavy atom. The van der Waals surface area contributed by atoms with Crippen molar-refractivity contribution in [3.8, 4) is 0 Å². The molecule has 1 saturated carbocycles. The Bertz CT molecular complexity index is 41.5. The first-order chi connectivity index (χ1) is 2.79. The first-order valence-corrected chi connectivity index (χ1v) is 1.63. The Labute approximate surface area is 29.6 Å². The largest absolute Gasteiger partial charge is 0.0533 e. The molecule has 0 radical (unpaired) electrons. The lowest BCUT2D eigenvalue weighted by Crippen LogP contribution is -1.85. The van der Waals surface area contributed by atoms with E-state index in [4.69, 9.17) is 2.74 Å². The highest BCUT2D eigenvalue weighted by Gasteiger charge is 1.95. The third-order valence-corrected chi connectivity index (χ3v) is 0.667. The molecule has 0 aromatic heterocycles. The molecule has 0 spiro atoms. The monoisotopic (exact) mass is 58.1 g/mol. The molecule has 0 atom stereocenters. The van der Waals surface area contributed by atoms with E-state index in [9.17, 15) is 0 Å². The van der Waals surface area contributed by atoms with Gasteiger partial charge in [-0.05, 0) is 0 Å². The van der Waals surface area contributed by atoms with E-state index in [1.807, 2.05) is 0 Å². The number of rotatable bonds is 0. The molecule has 1 fully saturated rings. The van der Waals surface area contributed by atoms with Crippen molar-refractivity contribution in [1.29, 1.82) is 0 Å². The van der Waals surface area contributed by atoms with Crippen LogP contribution in [0.25, 0.3) is 0 Å². The van der Waals surface area contributed by atoms with Gasteiger partial charge >= 0.3 is 0 Å². The average Bonchev–Trinajstić information content (AvgIpc) is 1.33. The minimum absolute atomic E-state index is 0.104. The molecular weight excluding hydrogens is 48.0 g/mol. The van der Waals surface area contributed by atoms with Crippen molar-refractivity contribution in [2.45, 2.75) is 25.6 Å². The van der Waals surface area contributed by atoms with Gasteiger partial charge in [0.05, 0.1) is 0 Å². The zero-order valence-electron chi connectivity index (χ0n) is 4.57. The SMILES string of the molecule is [2H]C1CC([2H])C1. The molecule has 0 heterocycles. The van der Waals surface area contributed by atoms with E-state index in [0.29, 0.717) is 0 Å². The molecule has 4 heavy (non-hydrogen) atoms. The summed E-state index contributed by atoms with van der Waals surface area (Å²) in [6, 6.07) is 0. The molecule has 1 aliphatic rings. The second-order valence-electron chi connectivity index (χ2n) is 1.05. The third kappa shape index (κ3) is 0.125. The zero-order valence-corrected chi connectivity index (χ0v) is 2.57. The number of hydrogen-bond acceptors (Lipinski definition) is 0. The van der Waals surface area contributed by atoms with Gasteiger partial charge in [0, 0.05) is 2.74 Å². The van der Waals surface area contributed by atoms with Crippen LogP contribution < -0.4 is 0 Å². The van der Waals surface area contributed by atoms with Crippen molar-refractivity contribution in [2.24, 2.45) is 0 Å².